The zero-order chi connectivity index (χ0) is 18.8. The molecule has 134 valence electrons. The SMILES string of the molecule is CNC(=O)CNC(=O)c1nc(-n2ncc3c(C(=O)O)cncc32)oc1C. The molecule has 3 aromatic heterocycles. The minimum Gasteiger partial charge on any atom is -0.478 e. The molecule has 3 heterocycles. The number of oxazole rings is 1. The number of carbonyl (C=O) groups is 3. The van der Waals surface area contributed by atoms with Crippen molar-refractivity contribution in [2.45, 2.75) is 6.92 Å². The average Bonchev–Trinajstić information content (AvgIpc) is 3.22. The van der Waals surface area contributed by atoms with Crippen LogP contribution in [0.2, 0.25) is 0 Å². The number of fused-ring (bicyclic) bond motifs is 1. The molecule has 11 heteroatoms. The van der Waals surface area contributed by atoms with Gasteiger partial charge in [-0.2, -0.15) is 14.8 Å². The number of rotatable bonds is 5. The fourth-order valence-corrected chi connectivity index (χ4v) is 2.28. The van der Waals surface area contributed by atoms with E-state index in [0.717, 1.165) is 0 Å². The lowest BCUT2D eigenvalue weighted by Crippen LogP contribution is -2.35. The summed E-state index contributed by atoms with van der Waals surface area (Å²) >= 11 is 0. The van der Waals surface area contributed by atoms with Crippen LogP contribution in [0.1, 0.15) is 26.6 Å². The van der Waals surface area contributed by atoms with Crippen molar-refractivity contribution in [3.05, 3.63) is 35.6 Å². The fourth-order valence-electron chi connectivity index (χ4n) is 2.28. The number of pyridine rings is 1. The summed E-state index contributed by atoms with van der Waals surface area (Å²) in [5, 5.41) is 18.4. The Morgan fingerprint density at radius 1 is 1.27 bits per heavy atom. The first-order valence-electron chi connectivity index (χ1n) is 7.44. The van der Waals surface area contributed by atoms with Crippen molar-refractivity contribution in [1.29, 1.82) is 0 Å². The molecule has 0 radical (unpaired) electrons. The molecule has 0 bridgehead atoms. The fraction of sp³-hybridized carbons (Fsp3) is 0.200. The van der Waals surface area contributed by atoms with Gasteiger partial charge in [-0.05, 0) is 6.92 Å². The minimum atomic E-state index is -1.14. The van der Waals surface area contributed by atoms with Gasteiger partial charge >= 0.3 is 12.0 Å². The van der Waals surface area contributed by atoms with Crippen molar-refractivity contribution < 1.29 is 23.9 Å². The number of carboxylic acid groups (broad SMARTS) is 1. The molecule has 0 aliphatic rings. The Kier molecular flexibility index (Phi) is 4.35. The molecule has 0 aliphatic carbocycles. The number of aromatic carboxylic acids is 1. The van der Waals surface area contributed by atoms with Crippen LogP contribution in [-0.4, -0.2) is 56.2 Å². The van der Waals surface area contributed by atoms with Gasteiger partial charge in [0.25, 0.3) is 5.91 Å². The predicted molar refractivity (Wildman–Crippen MR) is 87.0 cm³/mol. The zero-order valence-corrected chi connectivity index (χ0v) is 13.8. The third-order valence-corrected chi connectivity index (χ3v) is 3.60. The topological polar surface area (TPSA) is 152 Å². The number of nitrogens with one attached hydrogen (secondary N) is 2. The molecule has 26 heavy (non-hydrogen) atoms. The molecule has 0 aliphatic heterocycles. The molecule has 3 aromatic rings. The molecule has 0 saturated carbocycles. The molecular weight excluding hydrogens is 344 g/mol. The summed E-state index contributed by atoms with van der Waals surface area (Å²) in [5.74, 6) is -1.85. The summed E-state index contributed by atoms with van der Waals surface area (Å²) in [7, 11) is 1.45. The highest BCUT2D eigenvalue weighted by Crippen LogP contribution is 2.22. The summed E-state index contributed by atoms with van der Waals surface area (Å²) < 4.78 is 6.72. The van der Waals surface area contributed by atoms with Crippen LogP contribution in [-0.2, 0) is 4.79 Å². The van der Waals surface area contributed by atoms with Gasteiger partial charge in [0.1, 0.15) is 5.76 Å². The van der Waals surface area contributed by atoms with Crippen LogP contribution in [0.4, 0.5) is 0 Å². The number of hydrogen-bond acceptors (Lipinski definition) is 7. The molecule has 0 fully saturated rings. The predicted octanol–water partition coefficient (Wildman–Crippen LogP) is -0.109. The summed E-state index contributed by atoms with van der Waals surface area (Å²) in [5.41, 5.74) is 0.346. The Bertz CT molecular complexity index is 1020. The maximum atomic E-state index is 12.1. The third kappa shape index (κ3) is 2.97. The maximum absolute atomic E-state index is 12.1. The Labute approximate surface area is 146 Å². The number of nitrogens with zero attached hydrogens (tertiary/aromatic N) is 4. The van der Waals surface area contributed by atoms with Crippen molar-refractivity contribution in [2.24, 2.45) is 0 Å². The molecule has 3 N–H and O–H groups in total. The normalized spacial score (nSPS) is 10.7. The van der Waals surface area contributed by atoms with E-state index in [2.05, 4.69) is 25.7 Å². The highest BCUT2D eigenvalue weighted by Gasteiger charge is 2.21. The van der Waals surface area contributed by atoms with E-state index in [9.17, 15) is 19.5 Å². The minimum absolute atomic E-state index is 0.00472. The number of carboxylic acids is 1. The van der Waals surface area contributed by atoms with E-state index < -0.39 is 11.9 Å². The van der Waals surface area contributed by atoms with Gasteiger partial charge < -0.3 is 20.2 Å². The molecule has 2 amide bonds. The Morgan fingerprint density at radius 3 is 2.73 bits per heavy atom. The Balaban J connectivity index is 1.95. The first-order valence-corrected chi connectivity index (χ1v) is 7.44. The van der Waals surface area contributed by atoms with E-state index in [1.54, 1.807) is 0 Å². The molecular formula is C15H14N6O5. The number of likely N-dealkylation sites (N-methyl/N-ethyl adjacent to an activating group) is 1. The van der Waals surface area contributed by atoms with Crippen LogP contribution < -0.4 is 10.6 Å². The van der Waals surface area contributed by atoms with Crippen molar-refractivity contribution >= 4 is 28.7 Å². The van der Waals surface area contributed by atoms with Gasteiger partial charge in [-0.15, -0.1) is 0 Å². The first-order chi connectivity index (χ1) is 12.4. The van der Waals surface area contributed by atoms with Crippen LogP contribution in [0.15, 0.2) is 23.0 Å². The van der Waals surface area contributed by atoms with E-state index in [1.165, 1.54) is 37.2 Å². The quantitative estimate of drug-likeness (QED) is 0.571. The summed E-state index contributed by atoms with van der Waals surface area (Å²) in [4.78, 5) is 42.6. The van der Waals surface area contributed by atoms with Crippen molar-refractivity contribution in [3.63, 3.8) is 0 Å². The van der Waals surface area contributed by atoms with Crippen LogP contribution in [0.5, 0.6) is 0 Å². The monoisotopic (exact) mass is 358 g/mol. The average molecular weight is 358 g/mol. The van der Waals surface area contributed by atoms with E-state index in [4.69, 9.17) is 4.42 Å². The van der Waals surface area contributed by atoms with Crippen LogP contribution >= 0.6 is 0 Å². The zero-order valence-electron chi connectivity index (χ0n) is 13.8. The Morgan fingerprint density at radius 2 is 2.04 bits per heavy atom. The van der Waals surface area contributed by atoms with Gasteiger partial charge in [0, 0.05) is 18.6 Å². The highest BCUT2D eigenvalue weighted by molar-refractivity contribution is 6.02. The number of hydrogen-bond donors (Lipinski definition) is 3. The van der Waals surface area contributed by atoms with Crippen molar-refractivity contribution in [3.8, 4) is 6.01 Å². The molecule has 3 rings (SSSR count). The second-order valence-corrected chi connectivity index (χ2v) is 5.24. The van der Waals surface area contributed by atoms with E-state index >= 15 is 0 Å². The smallest absolute Gasteiger partial charge is 0.338 e. The molecule has 0 saturated heterocycles. The summed E-state index contributed by atoms with van der Waals surface area (Å²) in [6.45, 7) is 1.34. The lowest BCUT2D eigenvalue weighted by atomic mass is 10.2. The van der Waals surface area contributed by atoms with Gasteiger partial charge in [0.05, 0.1) is 30.0 Å². The van der Waals surface area contributed by atoms with Crippen LogP contribution in [0.3, 0.4) is 0 Å². The highest BCUT2D eigenvalue weighted by atomic mass is 16.4. The molecule has 0 unspecified atom stereocenters. The number of aromatic nitrogens is 4. The lowest BCUT2D eigenvalue weighted by Gasteiger charge is -2.01. The first kappa shape index (κ1) is 17.1. The van der Waals surface area contributed by atoms with E-state index in [0.29, 0.717) is 10.9 Å². The van der Waals surface area contributed by atoms with Gasteiger partial charge in [-0.1, -0.05) is 0 Å². The third-order valence-electron chi connectivity index (χ3n) is 3.60. The molecule has 0 aromatic carbocycles. The number of amides is 2. The number of aryl methyl sites for hydroxylation is 1. The molecule has 0 spiro atoms. The second kappa shape index (κ2) is 6.63. The molecule has 11 nitrogen and oxygen atoms in total. The van der Waals surface area contributed by atoms with Gasteiger partial charge in [-0.3, -0.25) is 14.6 Å². The van der Waals surface area contributed by atoms with Crippen molar-refractivity contribution in [2.75, 3.05) is 13.6 Å². The summed E-state index contributed by atoms with van der Waals surface area (Å²) in [6, 6.07) is -0.0214. The van der Waals surface area contributed by atoms with E-state index in [1.807, 2.05) is 0 Å². The van der Waals surface area contributed by atoms with E-state index in [-0.39, 0.29) is 35.5 Å². The molecule has 0 atom stereocenters. The van der Waals surface area contributed by atoms with Gasteiger partial charge in [-0.25, -0.2) is 4.79 Å². The largest absolute Gasteiger partial charge is 0.478 e. The van der Waals surface area contributed by atoms with Crippen molar-refractivity contribution in [1.82, 2.24) is 30.4 Å². The van der Waals surface area contributed by atoms with Gasteiger partial charge in [0.15, 0.2) is 5.69 Å². The standard InChI is InChI=1S/C15H14N6O5/c1-7-12(13(23)18-6-11(22)16-2)20-15(26-7)21-10-5-17-3-9(14(24)25)8(10)4-19-21/h3-5H,6H2,1-2H3,(H,16,22)(H,18,23)(H,24,25). The summed E-state index contributed by atoms with van der Waals surface area (Å²) in [6.07, 6.45) is 3.99. The Hall–Kier alpha value is -3.76. The maximum Gasteiger partial charge on any atom is 0.338 e. The number of carbonyl (C=O) groups excluding carboxylic acids is 2. The lowest BCUT2D eigenvalue weighted by molar-refractivity contribution is -0.119. The van der Waals surface area contributed by atoms with Crippen LogP contribution in [0.25, 0.3) is 16.9 Å². The van der Waals surface area contributed by atoms with Crippen LogP contribution in [0, 0.1) is 6.92 Å². The van der Waals surface area contributed by atoms with Gasteiger partial charge in [0.2, 0.25) is 5.91 Å². The second-order valence-electron chi connectivity index (χ2n) is 5.24.